The van der Waals surface area contributed by atoms with Crippen molar-refractivity contribution in [2.75, 3.05) is 45.3 Å². The quantitative estimate of drug-likeness (QED) is 0.522. The standard InChI is InChI=1S/C23H27N3O4S2/c1-17-6-4-5-7-18(17)14-19-16-31-23(24-19)25-10-12-26(13-11-25)32(27,28)22-9-8-20(29-2)15-21(22)30-3/h4-9,15-16H,10-14H2,1-3H3. The lowest BCUT2D eigenvalue weighted by atomic mass is 10.1. The van der Waals surface area contributed by atoms with Crippen LogP contribution in [0.1, 0.15) is 16.8 Å². The van der Waals surface area contributed by atoms with Crippen molar-refractivity contribution in [3.63, 3.8) is 0 Å². The molecule has 1 fully saturated rings. The molecular formula is C23H27N3O4S2. The van der Waals surface area contributed by atoms with Crippen molar-refractivity contribution in [1.82, 2.24) is 9.29 Å². The number of rotatable bonds is 7. The van der Waals surface area contributed by atoms with E-state index in [9.17, 15) is 8.42 Å². The molecule has 1 saturated heterocycles. The molecule has 0 amide bonds. The van der Waals surface area contributed by atoms with Crippen molar-refractivity contribution in [2.45, 2.75) is 18.2 Å². The number of methoxy groups -OCH3 is 2. The fourth-order valence-corrected chi connectivity index (χ4v) is 6.21. The number of hydrogen-bond acceptors (Lipinski definition) is 7. The van der Waals surface area contributed by atoms with E-state index >= 15 is 0 Å². The fraction of sp³-hybridized carbons (Fsp3) is 0.348. The number of thiazole rings is 1. The molecule has 2 aromatic carbocycles. The zero-order chi connectivity index (χ0) is 22.7. The van der Waals surface area contributed by atoms with Crippen LogP contribution in [0.2, 0.25) is 0 Å². The van der Waals surface area contributed by atoms with Crippen LogP contribution in [0.25, 0.3) is 0 Å². The summed E-state index contributed by atoms with van der Waals surface area (Å²) in [5, 5.41) is 3.03. The normalized spacial score (nSPS) is 15.0. The van der Waals surface area contributed by atoms with Gasteiger partial charge in [0.25, 0.3) is 0 Å². The van der Waals surface area contributed by atoms with E-state index in [0.29, 0.717) is 31.9 Å². The van der Waals surface area contributed by atoms with Gasteiger partial charge in [-0.3, -0.25) is 0 Å². The third kappa shape index (κ3) is 4.60. The molecule has 3 aromatic rings. The van der Waals surface area contributed by atoms with Gasteiger partial charge in [0.2, 0.25) is 10.0 Å². The Labute approximate surface area is 193 Å². The first-order valence-corrected chi connectivity index (χ1v) is 12.7. The van der Waals surface area contributed by atoms with Gasteiger partial charge in [-0.1, -0.05) is 24.3 Å². The summed E-state index contributed by atoms with van der Waals surface area (Å²) >= 11 is 1.61. The number of aryl methyl sites for hydroxylation is 1. The van der Waals surface area contributed by atoms with Crippen LogP contribution in [0.4, 0.5) is 5.13 Å². The van der Waals surface area contributed by atoms with Gasteiger partial charge >= 0.3 is 0 Å². The highest BCUT2D eigenvalue weighted by Crippen LogP contribution is 2.32. The highest BCUT2D eigenvalue weighted by atomic mass is 32.2. The second-order valence-electron chi connectivity index (χ2n) is 7.63. The van der Waals surface area contributed by atoms with Crippen LogP contribution < -0.4 is 14.4 Å². The maximum absolute atomic E-state index is 13.2. The summed E-state index contributed by atoms with van der Waals surface area (Å²) in [6.45, 7) is 4.08. The Hall–Kier alpha value is -2.62. The predicted molar refractivity (Wildman–Crippen MR) is 127 cm³/mol. The van der Waals surface area contributed by atoms with Gasteiger partial charge in [0, 0.05) is 44.0 Å². The summed E-state index contributed by atoms with van der Waals surface area (Å²) in [5.41, 5.74) is 3.57. The van der Waals surface area contributed by atoms with Gasteiger partial charge in [0.15, 0.2) is 5.13 Å². The predicted octanol–water partition coefficient (Wildman–Crippen LogP) is 3.57. The maximum atomic E-state index is 13.2. The van der Waals surface area contributed by atoms with Crippen LogP contribution >= 0.6 is 11.3 Å². The number of nitrogens with zero attached hydrogens (tertiary/aromatic N) is 3. The molecule has 0 bridgehead atoms. The molecule has 4 rings (SSSR count). The Morgan fingerprint density at radius 3 is 2.47 bits per heavy atom. The maximum Gasteiger partial charge on any atom is 0.246 e. The van der Waals surface area contributed by atoms with Crippen LogP contribution in [-0.2, 0) is 16.4 Å². The third-order valence-corrected chi connectivity index (χ3v) is 8.56. The molecule has 0 aliphatic carbocycles. The van der Waals surface area contributed by atoms with Crippen LogP contribution in [-0.4, -0.2) is 58.1 Å². The van der Waals surface area contributed by atoms with E-state index in [1.54, 1.807) is 23.5 Å². The van der Waals surface area contributed by atoms with Crippen molar-refractivity contribution in [3.05, 3.63) is 64.7 Å². The summed E-state index contributed by atoms with van der Waals surface area (Å²) in [4.78, 5) is 7.12. The highest BCUT2D eigenvalue weighted by Gasteiger charge is 2.31. The number of benzene rings is 2. The Balaban J connectivity index is 1.43. The lowest BCUT2D eigenvalue weighted by Crippen LogP contribution is -2.48. The number of piperazine rings is 1. The van der Waals surface area contributed by atoms with Crippen molar-refractivity contribution >= 4 is 26.5 Å². The number of sulfonamides is 1. The highest BCUT2D eigenvalue weighted by molar-refractivity contribution is 7.89. The van der Waals surface area contributed by atoms with Gasteiger partial charge < -0.3 is 14.4 Å². The zero-order valence-electron chi connectivity index (χ0n) is 18.4. The first-order valence-electron chi connectivity index (χ1n) is 10.4. The van der Waals surface area contributed by atoms with Gasteiger partial charge in [0.05, 0.1) is 19.9 Å². The number of aromatic nitrogens is 1. The molecule has 7 nitrogen and oxygen atoms in total. The molecule has 0 spiro atoms. The smallest absolute Gasteiger partial charge is 0.246 e. The van der Waals surface area contributed by atoms with E-state index < -0.39 is 10.0 Å². The minimum atomic E-state index is -3.67. The molecule has 0 radical (unpaired) electrons. The molecular weight excluding hydrogens is 446 g/mol. The minimum Gasteiger partial charge on any atom is -0.497 e. The Morgan fingerprint density at radius 1 is 1.03 bits per heavy atom. The Bertz CT molecular complexity index is 1190. The zero-order valence-corrected chi connectivity index (χ0v) is 20.1. The monoisotopic (exact) mass is 473 g/mol. The van der Waals surface area contributed by atoms with Crippen molar-refractivity contribution < 1.29 is 17.9 Å². The van der Waals surface area contributed by atoms with Crippen LogP contribution in [0.15, 0.2) is 52.7 Å². The van der Waals surface area contributed by atoms with Gasteiger partial charge in [-0.2, -0.15) is 4.31 Å². The number of ether oxygens (including phenoxy) is 2. The largest absolute Gasteiger partial charge is 0.497 e. The van der Waals surface area contributed by atoms with Crippen molar-refractivity contribution in [1.29, 1.82) is 0 Å². The molecule has 1 aliphatic rings. The molecule has 32 heavy (non-hydrogen) atoms. The van der Waals surface area contributed by atoms with Crippen molar-refractivity contribution in [2.24, 2.45) is 0 Å². The summed E-state index contributed by atoms with van der Waals surface area (Å²) in [5.74, 6) is 0.837. The van der Waals surface area contributed by atoms with Gasteiger partial charge in [-0.15, -0.1) is 11.3 Å². The molecule has 1 aliphatic heterocycles. The molecule has 0 atom stereocenters. The van der Waals surface area contributed by atoms with Gasteiger partial charge in [-0.05, 0) is 30.2 Å². The fourth-order valence-electron chi connectivity index (χ4n) is 3.77. The summed E-state index contributed by atoms with van der Waals surface area (Å²) in [6.07, 6.45) is 0.800. The average molecular weight is 474 g/mol. The molecule has 2 heterocycles. The second kappa shape index (κ2) is 9.48. The van der Waals surface area contributed by atoms with E-state index in [-0.39, 0.29) is 10.6 Å². The van der Waals surface area contributed by atoms with Crippen LogP contribution in [0.3, 0.4) is 0 Å². The Morgan fingerprint density at radius 2 is 1.78 bits per heavy atom. The summed E-state index contributed by atoms with van der Waals surface area (Å²) in [6, 6.07) is 13.1. The van der Waals surface area contributed by atoms with E-state index in [2.05, 4.69) is 29.3 Å². The number of hydrogen-bond donors (Lipinski definition) is 0. The molecule has 0 saturated carbocycles. The first kappa shape index (κ1) is 22.6. The van der Waals surface area contributed by atoms with E-state index in [1.165, 1.54) is 35.7 Å². The lowest BCUT2D eigenvalue weighted by molar-refractivity contribution is 0.370. The van der Waals surface area contributed by atoms with E-state index in [4.69, 9.17) is 14.5 Å². The van der Waals surface area contributed by atoms with Gasteiger partial charge in [-0.25, -0.2) is 13.4 Å². The van der Waals surface area contributed by atoms with Crippen LogP contribution in [0, 0.1) is 6.92 Å². The van der Waals surface area contributed by atoms with Crippen LogP contribution in [0.5, 0.6) is 11.5 Å². The van der Waals surface area contributed by atoms with Gasteiger partial charge in [0.1, 0.15) is 16.4 Å². The first-order chi connectivity index (χ1) is 15.4. The summed E-state index contributed by atoms with van der Waals surface area (Å²) in [7, 11) is -0.671. The molecule has 1 aromatic heterocycles. The molecule has 9 heteroatoms. The molecule has 170 valence electrons. The van der Waals surface area contributed by atoms with E-state index in [0.717, 1.165) is 17.2 Å². The third-order valence-electron chi connectivity index (χ3n) is 5.67. The van der Waals surface area contributed by atoms with Crippen molar-refractivity contribution in [3.8, 4) is 11.5 Å². The number of anilines is 1. The molecule has 0 N–H and O–H groups in total. The minimum absolute atomic E-state index is 0.156. The Kier molecular flexibility index (Phi) is 6.68. The molecule has 0 unspecified atom stereocenters. The van der Waals surface area contributed by atoms with E-state index in [1.807, 2.05) is 12.1 Å². The second-order valence-corrected chi connectivity index (χ2v) is 10.4. The lowest BCUT2D eigenvalue weighted by Gasteiger charge is -2.34. The summed E-state index contributed by atoms with van der Waals surface area (Å²) < 4.78 is 38.4. The SMILES string of the molecule is COc1ccc(S(=O)(=O)N2CCN(c3nc(Cc4ccccc4C)cs3)CC2)c(OC)c1. The topological polar surface area (TPSA) is 72.0 Å². The average Bonchev–Trinajstić information content (AvgIpc) is 3.28.